The smallest absolute Gasteiger partial charge is 0.356 e. The topological polar surface area (TPSA) is 102 Å². The van der Waals surface area contributed by atoms with Crippen LogP contribution in [0.3, 0.4) is 0 Å². The highest BCUT2D eigenvalue weighted by Crippen LogP contribution is 2.44. The van der Waals surface area contributed by atoms with Crippen molar-refractivity contribution in [3.05, 3.63) is 53.6 Å². The third-order valence-electron chi connectivity index (χ3n) is 4.83. The number of methoxy groups -OCH3 is 5. The Morgan fingerprint density at radius 1 is 0.871 bits per heavy atom. The lowest BCUT2D eigenvalue weighted by atomic mass is 9.92. The number of rotatable bonds is 7. The highest BCUT2D eigenvalue weighted by molar-refractivity contribution is 6.31. The van der Waals surface area contributed by atoms with Crippen molar-refractivity contribution in [2.45, 2.75) is 11.8 Å². The van der Waals surface area contributed by atoms with Crippen LogP contribution >= 0.6 is 0 Å². The Balaban J connectivity index is 2.21. The van der Waals surface area contributed by atoms with Crippen LogP contribution in [0.4, 0.5) is 0 Å². The first-order chi connectivity index (χ1) is 15.0. The summed E-state index contributed by atoms with van der Waals surface area (Å²) in [5, 5.41) is 0. The van der Waals surface area contributed by atoms with E-state index in [1.165, 1.54) is 21.3 Å². The minimum absolute atomic E-state index is 0.0746. The largest absolute Gasteiger partial charge is 0.493 e. The van der Waals surface area contributed by atoms with Gasteiger partial charge in [-0.05, 0) is 17.7 Å². The van der Waals surface area contributed by atoms with Gasteiger partial charge in [-0.25, -0.2) is 14.6 Å². The third-order valence-corrected chi connectivity index (χ3v) is 4.83. The van der Waals surface area contributed by atoms with Crippen molar-refractivity contribution in [2.75, 3.05) is 35.5 Å². The van der Waals surface area contributed by atoms with Crippen molar-refractivity contribution >= 4 is 17.7 Å². The fourth-order valence-corrected chi connectivity index (χ4v) is 3.38. The maximum absolute atomic E-state index is 12.8. The highest BCUT2D eigenvalue weighted by atomic mass is 16.6. The molecule has 1 unspecified atom stereocenters. The number of benzene rings is 2. The monoisotopic (exact) mass is 429 g/mol. The fourth-order valence-electron chi connectivity index (χ4n) is 3.38. The molecule has 1 aliphatic heterocycles. The van der Waals surface area contributed by atoms with Crippen molar-refractivity contribution in [1.82, 2.24) is 0 Å². The molecular weight excluding hydrogens is 406 g/mol. The van der Waals surface area contributed by atoms with Crippen LogP contribution in [-0.4, -0.2) is 58.8 Å². The lowest BCUT2D eigenvalue weighted by Gasteiger charge is -2.25. The van der Waals surface area contributed by atoms with Gasteiger partial charge in [-0.15, -0.1) is 0 Å². The van der Waals surface area contributed by atoms with Gasteiger partial charge in [-0.1, -0.05) is 30.3 Å². The standard InChI is InChI=1S/C22H23NO8/c1-26-15-11-14(12-16(27-2)17(15)28-3)19-23-18(13-9-7-6-8-10-13)22(31-19,20(24)29-4)21(25)30-5/h6-12,19H,1-5H3. The third kappa shape index (κ3) is 3.68. The zero-order valence-electron chi connectivity index (χ0n) is 17.8. The van der Waals surface area contributed by atoms with E-state index in [1.54, 1.807) is 42.5 Å². The number of esters is 2. The molecular formula is C22H23NO8. The van der Waals surface area contributed by atoms with Gasteiger partial charge in [0.2, 0.25) is 5.75 Å². The molecule has 164 valence electrons. The Kier molecular flexibility index (Phi) is 6.45. The van der Waals surface area contributed by atoms with Crippen LogP contribution in [0.15, 0.2) is 47.5 Å². The number of aliphatic imine (C=N–C) groups is 1. The van der Waals surface area contributed by atoms with Gasteiger partial charge >= 0.3 is 17.5 Å². The van der Waals surface area contributed by atoms with Crippen LogP contribution in [0.2, 0.25) is 0 Å². The van der Waals surface area contributed by atoms with Crippen molar-refractivity contribution in [3.63, 3.8) is 0 Å². The van der Waals surface area contributed by atoms with Crippen LogP contribution in [-0.2, 0) is 23.8 Å². The molecule has 1 aliphatic rings. The summed E-state index contributed by atoms with van der Waals surface area (Å²) >= 11 is 0. The Hall–Kier alpha value is -3.59. The molecule has 0 spiro atoms. The predicted molar refractivity (Wildman–Crippen MR) is 110 cm³/mol. The second-order valence-corrected chi connectivity index (χ2v) is 6.44. The molecule has 0 aliphatic carbocycles. The number of nitrogens with zero attached hydrogens (tertiary/aromatic N) is 1. The van der Waals surface area contributed by atoms with Crippen LogP contribution < -0.4 is 14.2 Å². The maximum Gasteiger partial charge on any atom is 0.356 e. The second-order valence-electron chi connectivity index (χ2n) is 6.44. The van der Waals surface area contributed by atoms with Gasteiger partial charge in [-0.3, -0.25) is 0 Å². The van der Waals surface area contributed by atoms with Crippen molar-refractivity contribution in [1.29, 1.82) is 0 Å². The summed E-state index contributed by atoms with van der Waals surface area (Å²) in [6, 6.07) is 12.0. The van der Waals surface area contributed by atoms with Crippen LogP contribution in [0, 0.1) is 0 Å². The molecule has 0 N–H and O–H groups in total. The number of ether oxygens (including phenoxy) is 6. The molecule has 1 atom stereocenters. The Morgan fingerprint density at radius 3 is 1.87 bits per heavy atom. The molecule has 0 fully saturated rings. The van der Waals surface area contributed by atoms with E-state index in [1.807, 2.05) is 0 Å². The first-order valence-electron chi connectivity index (χ1n) is 9.25. The van der Waals surface area contributed by atoms with Gasteiger partial charge in [0.1, 0.15) is 5.71 Å². The van der Waals surface area contributed by atoms with Crippen molar-refractivity contribution in [2.24, 2.45) is 4.99 Å². The van der Waals surface area contributed by atoms with E-state index in [0.717, 1.165) is 14.2 Å². The van der Waals surface area contributed by atoms with Gasteiger partial charge in [0, 0.05) is 5.56 Å². The average molecular weight is 429 g/mol. The maximum atomic E-state index is 12.8. The summed E-state index contributed by atoms with van der Waals surface area (Å²) in [4.78, 5) is 30.3. The lowest BCUT2D eigenvalue weighted by Crippen LogP contribution is -2.54. The normalized spacial score (nSPS) is 16.8. The summed E-state index contributed by atoms with van der Waals surface area (Å²) in [6.45, 7) is 0. The van der Waals surface area contributed by atoms with Crippen LogP contribution in [0.1, 0.15) is 17.4 Å². The zero-order valence-corrected chi connectivity index (χ0v) is 17.8. The highest BCUT2D eigenvalue weighted by Gasteiger charge is 2.60. The van der Waals surface area contributed by atoms with Gasteiger partial charge < -0.3 is 28.4 Å². The lowest BCUT2D eigenvalue weighted by molar-refractivity contribution is -0.180. The quantitative estimate of drug-likeness (QED) is 0.488. The molecule has 31 heavy (non-hydrogen) atoms. The van der Waals surface area contributed by atoms with E-state index in [-0.39, 0.29) is 5.71 Å². The first kappa shape index (κ1) is 22.1. The van der Waals surface area contributed by atoms with E-state index >= 15 is 0 Å². The minimum Gasteiger partial charge on any atom is -0.493 e. The molecule has 0 saturated carbocycles. The molecule has 0 bridgehead atoms. The number of hydrogen-bond acceptors (Lipinski definition) is 9. The van der Waals surface area contributed by atoms with Gasteiger partial charge in [0.15, 0.2) is 17.7 Å². The van der Waals surface area contributed by atoms with E-state index < -0.39 is 23.8 Å². The molecule has 9 nitrogen and oxygen atoms in total. The van der Waals surface area contributed by atoms with Crippen molar-refractivity contribution in [3.8, 4) is 17.2 Å². The van der Waals surface area contributed by atoms with E-state index in [4.69, 9.17) is 28.4 Å². The molecule has 0 amide bonds. The summed E-state index contributed by atoms with van der Waals surface area (Å²) in [7, 11) is 6.75. The second kappa shape index (κ2) is 9.05. The fraction of sp³-hybridized carbons (Fsp3) is 0.318. The molecule has 0 radical (unpaired) electrons. The van der Waals surface area contributed by atoms with E-state index in [0.29, 0.717) is 28.4 Å². The molecule has 2 aromatic carbocycles. The Labute approximate surface area is 179 Å². The number of carbonyl (C=O) groups is 2. The Morgan fingerprint density at radius 2 is 1.42 bits per heavy atom. The summed E-state index contributed by atoms with van der Waals surface area (Å²) in [5.74, 6) is -0.781. The van der Waals surface area contributed by atoms with E-state index in [9.17, 15) is 9.59 Å². The molecule has 0 saturated heterocycles. The summed E-state index contributed by atoms with van der Waals surface area (Å²) in [5.41, 5.74) is -1.15. The van der Waals surface area contributed by atoms with Gasteiger partial charge in [0.05, 0.1) is 35.5 Å². The van der Waals surface area contributed by atoms with Crippen molar-refractivity contribution < 1.29 is 38.0 Å². The average Bonchev–Trinajstić information content (AvgIpc) is 3.24. The van der Waals surface area contributed by atoms with Crippen LogP contribution in [0.25, 0.3) is 0 Å². The molecule has 9 heteroatoms. The Bertz CT molecular complexity index is 961. The number of carbonyl (C=O) groups excluding carboxylic acids is 2. The SMILES string of the molecule is COC(=O)C1(C(=O)OC)OC(c2cc(OC)c(OC)c(OC)c2)N=C1c1ccccc1. The molecule has 0 aromatic heterocycles. The van der Waals surface area contributed by atoms with Crippen LogP contribution in [0.5, 0.6) is 17.2 Å². The molecule has 2 aromatic rings. The van der Waals surface area contributed by atoms with Gasteiger partial charge in [-0.2, -0.15) is 0 Å². The van der Waals surface area contributed by atoms with Gasteiger partial charge in [0.25, 0.3) is 0 Å². The summed E-state index contributed by atoms with van der Waals surface area (Å²) in [6.07, 6.45) is -1.05. The first-order valence-corrected chi connectivity index (χ1v) is 9.25. The predicted octanol–water partition coefficient (Wildman–Crippen LogP) is 2.32. The molecule has 1 heterocycles. The minimum atomic E-state index is -2.20. The van der Waals surface area contributed by atoms with E-state index in [2.05, 4.69) is 4.99 Å². The molecule has 3 rings (SSSR count). The summed E-state index contributed by atoms with van der Waals surface area (Å²) < 4.78 is 31.9. The zero-order chi connectivity index (χ0) is 22.6. The number of hydrogen-bond donors (Lipinski definition) is 0.